The van der Waals surface area contributed by atoms with Gasteiger partial charge in [0.1, 0.15) is 5.39 Å². The Bertz CT molecular complexity index is 562. The molecule has 2 rings (SSSR count). The highest BCUT2D eigenvalue weighted by Crippen LogP contribution is 2.08. The SMILES string of the molecule is CCCc1[nH]nc2[nH]c(=O)[nH]c(=O)c12. The Morgan fingerprint density at radius 3 is 2.79 bits per heavy atom. The molecule has 0 aliphatic rings. The second-order valence-electron chi connectivity index (χ2n) is 3.08. The molecule has 3 N–H and O–H groups in total. The number of nitrogens with zero attached hydrogens (tertiary/aromatic N) is 1. The highest BCUT2D eigenvalue weighted by molar-refractivity contribution is 5.75. The van der Waals surface area contributed by atoms with E-state index in [1.165, 1.54) is 0 Å². The summed E-state index contributed by atoms with van der Waals surface area (Å²) in [6.45, 7) is 2.01. The summed E-state index contributed by atoms with van der Waals surface area (Å²) in [6.07, 6.45) is 1.65. The van der Waals surface area contributed by atoms with Crippen molar-refractivity contribution in [2.24, 2.45) is 0 Å². The van der Waals surface area contributed by atoms with E-state index in [2.05, 4.69) is 20.2 Å². The molecule has 6 nitrogen and oxygen atoms in total. The number of fused-ring (bicyclic) bond motifs is 1. The maximum absolute atomic E-state index is 11.4. The number of hydrogen-bond donors (Lipinski definition) is 3. The van der Waals surface area contributed by atoms with Crippen LogP contribution in [0, 0.1) is 0 Å². The molecule has 2 aromatic heterocycles. The summed E-state index contributed by atoms with van der Waals surface area (Å²) in [7, 11) is 0. The summed E-state index contributed by atoms with van der Waals surface area (Å²) < 4.78 is 0. The molecule has 0 aromatic carbocycles. The Kier molecular flexibility index (Phi) is 1.95. The lowest BCUT2D eigenvalue weighted by atomic mass is 10.2. The zero-order chi connectivity index (χ0) is 10.1. The first-order chi connectivity index (χ1) is 6.72. The highest BCUT2D eigenvalue weighted by atomic mass is 16.2. The first kappa shape index (κ1) is 8.74. The number of H-pyrrole nitrogens is 3. The van der Waals surface area contributed by atoms with E-state index >= 15 is 0 Å². The van der Waals surface area contributed by atoms with Crippen molar-refractivity contribution >= 4 is 11.0 Å². The van der Waals surface area contributed by atoms with Crippen LogP contribution in [0.25, 0.3) is 11.0 Å². The molecule has 0 spiro atoms. The summed E-state index contributed by atoms with van der Waals surface area (Å²) in [5.74, 6) is 0. The van der Waals surface area contributed by atoms with Crippen LogP contribution < -0.4 is 11.2 Å². The largest absolute Gasteiger partial charge is 0.327 e. The van der Waals surface area contributed by atoms with E-state index < -0.39 is 5.69 Å². The number of rotatable bonds is 2. The monoisotopic (exact) mass is 194 g/mol. The first-order valence-electron chi connectivity index (χ1n) is 4.42. The van der Waals surface area contributed by atoms with Crippen LogP contribution in [-0.4, -0.2) is 20.2 Å². The zero-order valence-corrected chi connectivity index (χ0v) is 7.68. The topological polar surface area (TPSA) is 94.4 Å². The summed E-state index contributed by atoms with van der Waals surface area (Å²) >= 11 is 0. The number of hydrogen-bond acceptors (Lipinski definition) is 3. The summed E-state index contributed by atoms with van der Waals surface area (Å²) in [5, 5.41) is 7.05. The lowest BCUT2D eigenvalue weighted by Gasteiger charge is -1.91. The molecule has 0 aliphatic carbocycles. The molecule has 0 radical (unpaired) electrons. The molecule has 0 bridgehead atoms. The van der Waals surface area contributed by atoms with Crippen LogP contribution in [0.2, 0.25) is 0 Å². The molecular weight excluding hydrogens is 184 g/mol. The number of aromatic nitrogens is 4. The van der Waals surface area contributed by atoms with Crippen molar-refractivity contribution in [1.29, 1.82) is 0 Å². The molecule has 74 valence electrons. The molecule has 0 saturated heterocycles. The van der Waals surface area contributed by atoms with Gasteiger partial charge >= 0.3 is 5.69 Å². The van der Waals surface area contributed by atoms with Crippen molar-refractivity contribution < 1.29 is 0 Å². The average molecular weight is 194 g/mol. The molecule has 2 aromatic rings. The second-order valence-corrected chi connectivity index (χ2v) is 3.08. The first-order valence-corrected chi connectivity index (χ1v) is 4.42. The summed E-state index contributed by atoms with van der Waals surface area (Å²) in [4.78, 5) is 27.0. The van der Waals surface area contributed by atoms with Crippen LogP contribution in [0.3, 0.4) is 0 Å². The fraction of sp³-hybridized carbons (Fsp3) is 0.375. The number of aryl methyl sites for hydroxylation is 1. The van der Waals surface area contributed by atoms with Crippen molar-refractivity contribution in [1.82, 2.24) is 20.2 Å². The Morgan fingerprint density at radius 1 is 1.29 bits per heavy atom. The van der Waals surface area contributed by atoms with Gasteiger partial charge < -0.3 is 0 Å². The van der Waals surface area contributed by atoms with E-state index in [1.54, 1.807) is 0 Å². The highest BCUT2D eigenvalue weighted by Gasteiger charge is 2.09. The van der Waals surface area contributed by atoms with Crippen LogP contribution in [0.5, 0.6) is 0 Å². The third kappa shape index (κ3) is 1.24. The van der Waals surface area contributed by atoms with Crippen LogP contribution in [-0.2, 0) is 6.42 Å². The molecule has 2 heterocycles. The van der Waals surface area contributed by atoms with E-state index in [4.69, 9.17) is 0 Å². The standard InChI is InChI=1S/C8H10N4O2/c1-2-3-4-5-6(12-11-4)9-8(14)10-7(5)13/h2-3H2,1H3,(H3,9,10,11,12,13,14). The Labute approximate surface area is 78.4 Å². The van der Waals surface area contributed by atoms with E-state index in [0.29, 0.717) is 11.0 Å². The van der Waals surface area contributed by atoms with Gasteiger partial charge in [0.15, 0.2) is 5.65 Å². The minimum absolute atomic E-state index is 0.321. The smallest absolute Gasteiger partial charge is 0.290 e. The molecule has 0 fully saturated rings. The van der Waals surface area contributed by atoms with E-state index in [0.717, 1.165) is 18.5 Å². The Hall–Kier alpha value is -1.85. The maximum Gasteiger partial charge on any atom is 0.327 e. The van der Waals surface area contributed by atoms with Gasteiger partial charge in [0.2, 0.25) is 0 Å². The van der Waals surface area contributed by atoms with Gasteiger partial charge in [-0.05, 0) is 6.42 Å². The lowest BCUT2D eigenvalue weighted by Crippen LogP contribution is -2.21. The van der Waals surface area contributed by atoms with Gasteiger partial charge in [-0.3, -0.25) is 19.9 Å². The predicted octanol–water partition coefficient (Wildman–Crippen LogP) is -0.108. The third-order valence-electron chi connectivity index (χ3n) is 2.03. The van der Waals surface area contributed by atoms with Crippen LogP contribution in [0.15, 0.2) is 9.59 Å². The molecule has 0 atom stereocenters. The molecule has 0 amide bonds. The van der Waals surface area contributed by atoms with E-state index in [9.17, 15) is 9.59 Å². The third-order valence-corrected chi connectivity index (χ3v) is 2.03. The van der Waals surface area contributed by atoms with Crippen LogP contribution in [0.4, 0.5) is 0 Å². The fourth-order valence-corrected chi connectivity index (χ4v) is 1.45. The lowest BCUT2D eigenvalue weighted by molar-refractivity contribution is 0.872. The Balaban J connectivity index is 2.79. The molecular formula is C8H10N4O2. The van der Waals surface area contributed by atoms with Crippen molar-refractivity contribution in [3.05, 3.63) is 26.5 Å². The molecule has 0 aliphatic heterocycles. The van der Waals surface area contributed by atoms with Crippen molar-refractivity contribution in [2.45, 2.75) is 19.8 Å². The van der Waals surface area contributed by atoms with Gasteiger partial charge in [0.05, 0.1) is 5.69 Å². The van der Waals surface area contributed by atoms with Gasteiger partial charge in [-0.15, -0.1) is 0 Å². The van der Waals surface area contributed by atoms with Gasteiger partial charge in [-0.25, -0.2) is 4.79 Å². The molecule has 0 unspecified atom stereocenters. The molecule has 14 heavy (non-hydrogen) atoms. The van der Waals surface area contributed by atoms with Crippen LogP contribution >= 0.6 is 0 Å². The predicted molar refractivity (Wildman–Crippen MR) is 51.3 cm³/mol. The van der Waals surface area contributed by atoms with Gasteiger partial charge in [-0.1, -0.05) is 13.3 Å². The summed E-state index contributed by atoms with van der Waals surface area (Å²) in [6, 6.07) is 0. The summed E-state index contributed by atoms with van der Waals surface area (Å²) in [5.41, 5.74) is 0.167. The maximum atomic E-state index is 11.4. The van der Waals surface area contributed by atoms with E-state index in [-0.39, 0.29) is 5.56 Å². The fourth-order valence-electron chi connectivity index (χ4n) is 1.45. The van der Waals surface area contributed by atoms with Gasteiger partial charge in [0, 0.05) is 0 Å². The normalized spacial score (nSPS) is 10.9. The zero-order valence-electron chi connectivity index (χ0n) is 7.68. The molecule has 6 heteroatoms. The van der Waals surface area contributed by atoms with Crippen molar-refractivity contribution in [3.8, 4) is 0 Å². The minimum Gasteiger partial charge on any atom is -0.290 e. The van der Waals surface area contributed by atoms with Crippen molar-refractivity contribution in [2.75, 3.05) is 0 Å². The quantitative estimate of drug-likeness (QED) is 0.622. The Morgan fingerprint density at radius 2 is 2.07 bits per heavy atom. The number of nitrogens with one attached hydrogen (secondary N) is 3. The van der Waals surface area contributed by atoms with Gasteiger partial charge in [-0.2, -0.15) is 5.10 Å². The molecule has 0 saturated carbocycles. The van der Waals surface area contributed by atoms with Crippen LogP contribution in [0.1, 0.15) is 19.0 Å². The van der Waals surface area contributed by atoms with Crippen molar-refractivity contribution in [3.63, 3.8) is 0 Å². The number of aromatic amines is 3. The van der Waals surface area contributed by atoms with Gasteiger partial charge in [0.25, 0.3) is 5.56 Å². The van der Waals surface area contributed by atoms with E-state index in [1.807, 2.05) is 6.92 Å². The minimum atomic E-state index is -0.531. The average Bonchev–Trinajstić information content (AvgIpc) is 2.49. The second kappa shape index (κ2) is 3.13.